The average Bonchev–Trinajstić information content (AvgIpc) is 2.75. The molecule has 1 aliphatic heterocycles. The third kappa shape index (κ3) is 1.65. The zero-order valence-corrected chi connectivity index (χ0v) is 9.22. The monoisotopic (exact) mass is 218 g/mol. The van der Waals surface area contributed by atoms with Crippen LogP contribution in [0.4, 0.5) is 5.69 Å². The number of oxazole rings is 1. The Bertz CT molecular complexity index is 494. The fourth-order valence-corrected chi connectivity index (χ4v) is 2.10. The van der Waals surface area contributed by atoms with E-state index < -0.39 is 0 Å². The molecule has 1 aliphatic rings. The summed E-state index contributed by atoms with van der Waals surface area (Å²) in [5.41, 5.74) is 2.94. The highest BCUT2D eigenvalue weighted by Gasteiger charge is 2.17. The lowest BCUT2D eigenvalue weighted by molar-refractivity contribution is 0.0532. The Labute approximate surface area is 93.8 Å². The first-order valence-corrected chi connectivity index (χ1v) is 5.53. The number of hydrogen-bond acceptors (Lipinski definition) is 4. The van der Waals surface area contributed by atoms with Crippen LogP contribution in [0.15, 0.2) is 29.0 Å². The smallest absolute Gasteiger partial charge is 0.181 e. The van der Waals surface area contributed by atoms with Crippen LogP contribution in [-0.2, 0) is 4.74 Å². The first kappa shape index (κ1) is 9.66. The molecule has 0 radical (unpaired) electrons. The fraction of sp³-hybridized carbons (Fsp3) is 0.417. The van der Waals surface area contributed by atoms with Gasteiger partial charge in [0, 0.05) is 18.8 Å². The van der Waals surface area contributed by atoms with Gasteiger partial charge < -0.3 is 14.1 Å². The third-order valence-corrected chi connectivity index (χ3v) is 2.92. The van der Waals surface area contributed by atoms with E-state index in [1.807, 2.05) is 6.07 Å². The molecule has 0 N–H and O–H groups in total. The van der Waals surface area contributed by atoms with Crippen molar-refractivity contribution in [2.45, 2.75) is 13.0 Å². The summed E-state index contributed by atoms with van der Waals surface area (Å²) in [7, 11) is 0. The summed E-state index contributed by atoms with van der Waals surface area (Å²) >= 11 is 0. The molecule has 1 atom stereocenters. The third-order valence-electron chi connectivity index (χ3n) is 2.92. The molecule has 4 nitrogen and oxygen atoms in total. The quantitative estimate of drug-likeness (QED) is 0.734. The lowest BCUT2D eigenvalue weighted by atomic mass is 10.2. The summed E-state index contributed by atoms with van der Waals surface area (Å²) < 4.78 is 10.8. The van der Waals surface area contributed by atoms with Gasteiger partial charge in [-0.2, -0.15) is 0 Å². The SMILES string of the molecule is CC1CN(c2ccc3ocnc3c2)CCO1. The van der Waals surface area contributed by atoms with Crippen LogP contribution in [0.1, 0.15) is 6.92 Å². The predicted octanol–water partition coefficient (Wildman–Crippen LogP) is 2.05. The Morgan fingerprint density at radius 3 is 3.25 bits per heavy atom. The Balaban J connectivity index is 1.92. The van der Waals surface area contributed by atoms with Gasteiger partial charge in [0.2, 0.25) is 0 Å². The van der Waals surface area contributed by atoms with Crippen molar-refractivity contribution in [3.63, 3.8) is 0 Å². The maximum Gasteiger partial charge on any atom is 0.181 e. The summed E-state index contributed by atoms with van der Waals surface area (Å²) in [5.74, 6) is 0. The van der Waals surface area contributed by atoms with Gasteiger partial charge in [-0.25, -0.2) is 4.98 Å². The van der Waals surface area contributed by atoms with Crippen molar-refractivity contribution >= 4 is 16.8 Å². The van der Waals surface area contributed by atoms with Crippen molar-refractivity contribution in [1.82, 2.24) is 4.98 Å². The van der Waals surface area contributed by atoms with Crippen molar-refractivity contribution in [3.8, 4) is 0 Å². The first-order chi connectivity index (χ1) is 7.83. The van der Waals surface area contributed by atoms with Crippen LogP contribution >= 0.6 is 0 Å². The van der Waals surface area contributed by atoms with E-state index in [1.165, 1.54) is 12.1 Å². The van der Waals surface area contributed by atoms with Crippen LogP contribution in [0.25, 0.3) is 11.1 Å². The second kappa shape index (κ2) is 3.79. The molecule has 1 aromatic heterocycles. The van der Waals surface area contributed by atoms with Gasteiger partial charge in [-0.1, -0.05) is 0 Å². The second-order valence-corrected chi connectivity index (χ2v) is 4.13. The number of nitrogens with zero attached hydrogens (tertiary/aromatic N) is 2. The highest BCUT2D eigenvalue weighted by atomic mass is 16.5. The maximum absolute atomic E-state index is 5.53. The molecule has 0 amide bonds. The van der Waals surface area contributed by atoms with E-state index in [0.29, 0.717) is 6.10 Å². The van der Waals surface area contributed by atoms with E-state index >= 15 is 0 Å². The number of morpholine rings is 1. The minimum atomic E-state index is 0.293. The molecular weight excluding hydrogens is 204 g/mol. The van der Waals surface area contributed by atoms with E-state index in [4.69, 9.17) is 9.15 Å². The van der Waals surface area contributed by atoms with Gasteiger partial charge in [0.1, 0.15) is 5.52 Å². The topological polar surface area (TPSA) is 38.5 Å². The van der Waals surface area contributed by atoms with Gasteiger partial charge in [0.05, 0.1) is 12.7 Å². The zero-order valence-electron chi connectivity index (χ0n) is 9.22. The summed E-state index contributed by atoms with van der Waals surface area (Å²) in [6.45, 7) is 4.76. The van der Waals surface area contributed by atoms with Crippen molar-refractivity contribution in [1.29, 1.82) is 0 Å². The summed E-state index contributed by atoms with van der Waals surface area (Å²) in [5, 5.41) is 0. The highest BCUT2D eigenvalue weighted by molar-refractivity contribution is 5.77. The van der Waals surface area contributed by atoms with Crippen LogP contribution in [0.2, 0.25) is 0 Å². The zero-order chi connectivity index (χ0) is 11.0. The van der Waals surface area contributed by atoms with Crippen LogP contribution < -0.4 is 4.90 Å². The molecule has 2 aromatic rings. The molecule has 84 valence electrons. The summed E-state index contributed by atoms with van der Waals surface area (Å²) in [4.78, 5) is 6.49. The highest BCUT2D eigenvalue weighted by Crippen LogP contribution is 2.22. The van der Waals surface area contributed by atoms with Gasteiger partial charge >= 0.3 is 0 Å². The molecule has 1 aromatic carbocycles. The Morgan fingerprint density at radius 2 is 2.38 bits per heavy atom. The first-order valence-electron chi connectivity index (χ1n) is 5.53. The van der Waals surface area contributed by atoms with Gasteiger partial charge in [-0.3, -0.25) is 0 Å². The van der Waals surface area contributed by atoms with E-state index in [0.717, 1.165) is 30.8 Å². The lowest BCUT2D eigenvalue weighted by Gasteiger charge is -2.32. The van der Waals surface area contributed by atoms with Gasteiger partial charge in [0.15, 0.2) is 12.0 Å². The number of hydrogen-bond donors (Lipinski definition) is 0. The molecule has 1 unspecified atom stereocenters. The van der Waals surface area contributed by atoms with Crippen LogP contribution in [0, 0.1) is 0 Å². The van der Waals surface area contributed by atoms with Crippen molar-refractivity contribution in [3.05, 3.63) is 24.6 Å². The Morgan fingerprint density at radius 1 is 1.44 bits per heavy atom. The van der Waals surface area contributed by atoms with Gasteiger partial charge in [0.25, 0.3) is 0 Å². The number of benzene rings is 1. The lowest BCUT2D eigenvalue weighted by Crippen LogP contribution is -2.41. The molecule has 16 heavy (non-hydrogen) atoms. The average molecular weight is 218 g/mol. The molecule has 0 bridgehead atoms. The number of fused-ring (bicyclic) bond motifs is 1. The molecule has 3 rings (SSSR count). The van der Waals surface area contributed by atoms with Crippen molar-refractivity contribution in [2.75, 3.05) is 24.6 Å². The van der Waals surface area contributed by atoms with Crippen LogP contribution in [-0.4, -0.2) is 30.8 Å². The summed E-state index contributed by atoms with van der Waals surface area (Å²) in [6, 6.07) is 6.11. The Hall–Kier alpha value is -1.55. The van der Waals surface area contributed by atoms with Crippen LogP contribution in [0.5, 0.6) is 0 Å². The Kier molecular flexibility index (Phi) is 2.29. The number of ether oxygens (including phenoxy) is 1. The van der Waals surface area contributed by atoms with E-state index in [1.54, 1.807) is 0 Å². The molecule has 2 heterocycles. The minimum Gasteiger partial charge on any atom is -0.443 e. The van der Waals surface area contributed by atoms with Crippen LogP contribution in [0.3, 0.4) is 0 Å². The number of rotatable bonds is 1. The molecule has 4 heteroatoms. The predicted molar refractivity (Wildman–Crippen MR) is 61.6 cm³/mol. The number of anilines is 1. The van der Waals surface area contributed by atoms with E-state index in [-0.39, 0.29) is 0 Å². The fourth-order valence-electron chi connectivity index (χ4n) is 2.10. The summed E-state index contributed by atoms with van der Waals surface area (Å²) in [6.07, 6.45) is 1.78. The molecule has 1 fully saturated rings. The largest absolute Gasteiger partial charge is 0.443 e. The molecule has 1 saturated heterocycles. The molecule has 0 aliphatic carbocycles. The maximum atomic E-state index is 5.53. The molecule has 0 spiro atoms. The van der Waals surface area contributed by atoms with Crippen molar-refractivity contribution < 1.29 is 9.15 Å². The normalized spacial score (nSPS) is 21.6. The minimum absolute atomic E-state index is 0.293. The second-order valence-electron chi connectivity index (χ2n) is 4.13. The number of aromatic nitrogens is 1. The standard InChI is InChI=1S/C12H14N2O2/c1-9-7-14(4-5-15-9)10-2-3-12-11(6-10)13-8-16-12/h2-3,6,8-9H,4-5,7H2,1H3. The molecular formula is C12H14N2O2. The van der Waals surface area contributed by atoms with Crippen molar-refractivity contribution in [2.24, 2.45) is 0 Å². The van der Waals surface area contributed by atoms with E-state index in [2.05, 4.69) is 28.9 Å². The van der Waals surface area contributed by atoms with E-state index in [9.17, 15) is 0 Å². The molecule has 0 saturated carbocycles. The van der Waals surface area contributed by atoms with Gasteiger partial charge in [-0.15, -0.1) is 0 Å². The van der Waals surface area contributed by atoms with Gasteiger partial charge in [-0.05, 0) is 25.1 Å².